The van der Waals surface area contributed by atoms with E-state index in [1.807, 2.05) is 33.8 Å². The standard InChI is InChI=1S/C16H23NO4S/c1-10-11(6-12(22)7-13(10)15(19)20-5)8-17-9-14(18)21-16(2,3)4/h6-7,17,22H,8-9H2,1-5H3. The van der Waals surface area contributed by atoms with Gasteiger partial charge in [0.2, 0.25) is 0 Å². The van der Waals surface area contributed by atoms with E-state index in [2.05, 4.69) is 17.9 Å². The highest BCUT2D eigenvalue weighted by Gasteiger charge is 2.17. The van der Waals surface area contributed by atoms with Crippen LogP contribution in [0.15, 0.2) is 17.0 Å². The molecule has 0 unspecified atom stereocenters. The van der Waals surface area contributed by atoms with E-state index in [1.54, 1.807) is 6.07 Å². The molecular weight excluding hydrogens is 302 g/mol. The number of esters is 2. The Balaban J connectivity index is 2.72. The minimum Gasteiger partial charge on any atom is -0.465 e. The van der Waals surface area contributed by atoms with Crippen LogP contribution in [0.2, 0.25) is 0 Å². The van der Waals surface area contributed by atoms with Crippen molar-refractivity contribution in [3.63, 3.8) is 0 Å². The summed E-state index contributed by atoms with van der Waals surface area (Å²) in [5.74, 6) is -0.720. The summed E-state index contributed by atoms with van der Waals surface area (Å²) >= 11 is 4.30. The van der Waals surface area contributed by atoms with Crippen molar-refractivity contribution in [2.24, 2.45) is 0 Å². The summed E-state index contributed by atoms with van der Waals surface area (Å²) in [5, 5.41) is 3.02. The van der Waals surface area contributed by atoms with Gasteiger partial charge >= 0.3 is 11.9 Å². The Labute approximate surface area is 136 Å². The molecule has 22 heavy (non-hydrogen) atoms. The van der Waals surface area contributed by atoms with Gasteiger partial charge < -0.3 is 14.8 Å². The Bertz CT molecular complexity index is 564. The fourth-order valence-corrected chi connectivity index (χ4v) is 2.22. The average Bonchev–Trinajstić information content (AvgIpc) is 2.39. The van der Waals surface area contributed by atoms with E-state index in [-0.39, 0.29) is 12.5 Å². The lowest BCUT2D eigenvalue weighted by Gasteiger charge is -2.19. The molecule has 5 nitrogen and oxygen atoms in total. The molecule has 1 aromatic carbocycles. The molecule has 0 saturated heterocycles. The number of carbonyl (C=O) groups is 2. The third-order valence-electron chi connectivity index (χ3n) is 2.91. The molecule has 0 aromatic heterocycles. The molecule has 122 valence electrons. The summed E-state index contributed by atoms with van der Waals surface area (Å²) in [7, 11) is 1.34. The second kappa shape index (κ2) is 7.65. The number of thiol groups is 1. The van der Waals surface area contributed by atoms with Crippen molar-refractivity contribution in [2.75, 3.05) is 13.7 Å². The molecule has 0 aliphatic heterocycles. The molecule has 0 fully saturated rings. The molecular formula is C16H23NO4S. The predicted molar refractivity (Wildman–Crippen MR) is 87.3 cm³/mol. The van der Waals surface area contributed by atoms with Crippen molar-refractivity contribution in [1.29, 1.82) is 0 Å². The van der Waals surface area contributed by atoms with Gasteiger partial charge in [-0.15, -0.1) is 12.6 Å². The number of rotatable bonds is 5. The van der Waals surface area contributed by atoms with Gasteiger partial charge in [-0.1, -0.05) is 0 Å². The normalized spacial score (nSPS) is 11.2. The third kappa shape index (κ3) is 5.69. The second-order valence-corrected chi connectivity index (χ2v) is 6.48. The maximum absolute atomic E-state index is 11.7. The summed E-state index contributed by atoms with van der Waals surface area (Å²) in [6.45, 7) is 7.83. The van der Waals surface area contributed by atoms with Crippen LogP contribution >= 0.6 is 12.6 Å². The van der Waals surface area contributed by atoms with Crippen LogP contribution in [-0.4, -0.2) is 31.2 Å². The van der Waals surface area contributed by atoms with Crippen molar-refractivity contribution >= 4 is 24.6 Å². The first-order valence-electron chi connectivity index (χ1n) is 6.97. The van der Waals surface area contributed by atoms with Gasteiger partial charge in [0.1, 0.15) is 5.60 Å². The highest BCUT2D eigenvalue weighted by molar-refractivity contribution is 7.80. The summed E-state index contributed by atoms with van der Waals surface area (Å²) in [6.07, 6.45) is 0. The SMILES string of the molecule is COC(=O)c1cc(S)cc(CNCC(=O)OC(C)(C)C)c1C. The molecule has 1 N–H and O–H groups in total. The molecule has 0 heterocycles. The molecule has 0 amide bonds. The van der Waals surface area contributed by atoms with E-state index >= 15 is 0 Å². The van der Waals surface area contributed by atoms with Gasteiger partial charge in [0.15, 0.2) is 0 Å². The zero-order chi connectivity index (χ0) is 16.9. The number of hydrogen-bond donors (Lipinski definition) is 2. The molecule has 0 saturated carbocycles. The van der Waals surface area contributed by atoms with Crippen molar-refractivity contribution in [1.82, 2.24) is 5.32 Å². The average molecular weight is 325 g/mol. The Kier molecular flexibility index (Phi) is 6.44. The largest absolute Gasteiger partial charge is 0.465 e. The summed E-state index contributed by atoms with van der Waals surface area (Å²) < 4.78 is 9.98. The first kappa shape index (κ1) is 18.5. The number of ether oxygens (including phenoxy) is 2. The van der Waals surface area contributed by atoms with Gasteiger partial charge in [0.25, 0.3) is 0 Å². The fraction of sp³-hybridized carbons (Fsp3) is 0.500. The molecule has 0 aliphatic carbocycles. The van der Waals surface area contributed by atoms with Crippen molar-refractivity contribution < 1.29 is 19.1 Å². The van der Waals surface area contributed by atoms with Crippen molar-refractivity contribution in [2.45, 2.75) is 44.7 Å². The smallest absolute Gasteiger partial charge is 0.338 e. The van der Waals surface area contributed by atoms with Crippen LogP contribution in [0.25, 0.3) is 0 Å². The zero-order valence-corrected chi connectivity index (χ0v) is 14.5. The van der Waals surface area contributed by atoms with E-state index in [1.165, 1.54) is 7.11 Å². The first-order chi connectivity index (χ1) is 10.1. The molecule has 0 radical (unpaired) electrons. The quantitative estimate of drug-likeness (QED) is 0.643. The van der Waals surface area contributed by atoms with Crippen LogP contribution in [0.5, 0.6) is 0 Å². The van der Waals surface area contributed by atoms with Crippen LogP contribution in [0.4, 0.5) is 0 Å². The van der Waals surface area contributed by atoms with Gasteiger partial charge in [-0.05, 0) is 51.0 Å². The Morgan fingerprint density at radius 2 is 1.91 bits per heavy atom. The molecule has 1 aromatic rings. The minimum atomic E-state index is -0.502. The number of carbonyl (C=O) groups excluding carboxylic acids is 2. The Hall–Kier alpha value is -1.53. The lowest BCUT2D eigenvalue weighted by atomic mass is 10.0. The van der Waals surface area contributed by atoms with Gasteiger partial charge in [0, 0.05) is 11.4 Å². The summed E-state index contributed by atoms with van der Waals surface area (Å²) in [4.78, 5) is 24.0. The lowest BCUT2D eigenvalue weighted by Crippen LogP contribution is -2.31. The second-order valence-electron chi connectivity index (χ2n) is 5.96. The Morgan fingerprint density at radius 1 is 1.27 bits per heavy atom. The molecule has 0 atom stereocenters. The van der Waals surface area contributed by atoms with Crippen LogP contribution in [0.1, 0.15) is 42.3 Å². The third-order valence-corrected chi connectivity index (χ3v) is 3.17. The number of methoxy groups -OCH3 is 1. The van der Waals surface area contributed by atoms with E-state index in [4.69, 9.17) is 9.47 Å². The monoisotopic (exact) mass is 325 g/mol. The number of nitrogens with one attached hydrogen (secondary N) is 1. The van der Waals surface area contributed by atoms with Crippen LogP contribution in [0, 0.1) is 6.92 Å². The van der Waals surface area contributed by atoms with Gasteiger partial charge in [0.05, 0.1) is 19.2 Å². The number of hydrogen-bond acceptors (Lipinski definition) is 6. The molecule has 0 aliphatic rings. The van der Waals surface area contributed by atoms with E-state index in [0.717, 1.165) is 11.1 Å². The topological polar surface area (TPSA) is 64.6 Å². The Morgan fingerprint density at radius 3 is 2.45 bits per heavy atom. The fourth-order valence-electron chi connectivity index (χ4n) is 1.94. The van der Waals surface area contributed by atoms with Crippen molar-refractivity contribution in [3.05, 3.63) is 28.8 Å². The predicted octanol–water partition coefficient (Wildman–Crippen LogP) is 2.50. The first-order valence-corrected chi connectivity index (χ1v) is 7.42. The van der Waals surface area contributed by atoms with Crippen molar-refractivity contribution in [3.8, 4) is 0 Å². The van der Waals surface area contributed by atoms with Crippen LogP contribution in [-0.2, 0) is 20.8 Å². The minimum absolute atomic E-state index is 0.0983. The van der Waals surface area contributed by atoms with Gasteiger partial charge in [-0.25, -0.2) is 4.79 Å². The van der Waals surface area contributed by atoms with Crippen LogP contribution in [0.3, 0.4) is 0 Å². The van der Waals surface area contributed by atoms with Crippen LogP contribution < -0.4 is 5.32 Å². The lowest BCUT2D eigenvalue weighted by molar-refractivity contribution is -0.153. The van der Waals surface area contributed by atoms with E-state index in [9.17, 15) is 9.59 Å². The molecule has 1 rings (SSSR count). The summed E-state index contributed by atoms with van der Waals surface area (Å²) in [6, 6.07) is 3.52. The molecule has 6 heteroatoms. The summed E-state index contributed by atoms with van der Waals surface area (Å²) in [5.41, 5.74) is 1.67. The zero-order valence-electron chi connectivity index (χ0n) is 13.6. The molecule has 0 spiro atoms. The molecule has 0 bridgehead atoms. The van der Waals surface area contributed by atoms with E-state index < -0.39 is 11.6 Å². The van der Waals surface area contributed by atoms with Gasteiger partial charge in [-0.2, -0.15) is 0 Å². The highest BCUT2D eigenvalue weighted by atomic mass is 32.1. The maximum atomic E-state index is 11.7. The maximum Gasteiger partial charge on any atom is 0.338 e. The van der Waals surface area contributed by atoms with E-state index in [0.29, 0.717) is 17.0 Å². The highest BCUT2D eigenvalue weighted by Crippen LogP contribution is 2.20. The number of benzene rings is 1. The van der Waals surface area contributed by atoms with Gasteiger partial charge in [-0.3, -0.25) is 4.79 Å².